The van der Waals surface area contributed by atoms with Crippen LogP contribution < -0.4 is 5.32 Å². The molecule has 21 heavy (non-hydrogen) atoms. The van der Waals surface area contributed by atoms with Gasteiger partial charge in [0.2, 0.25) is 5.91 Å². The first-order valence-corrected chi connectivity index (χ1v) is 6.29. The van der Waals surface area contributed by atoms with Crippen molar-refractivity contribution >= 4 is 17.7 Å². The maximum absolute atomic E-state index is 11.8. The summed E-state index contributed by atoms with van der Waals surface area (Å²) in [5.41, 5.74) is 1.60. The summed E-state index contributed by atoms with van der Waals surface area (Å²) in [6.45, 7) is 0. The minimum absolute atomic E-state index is 0.223. The smallest absolute Gasteiger partial charge is 0.248 e. The molecule has 3 rings (SSSR count). The maximum Gasteiger partial charge on any atom is 0.248 e. The van der Waals surface area contributed by atoms with E-state index in [9.17, 15) is 4.79 Å². The lowest BCUT2D eigenvalue weighted by molar-refractivity contribution is -0.111. The number of rotatable bonds is 4. The molecule has 6 nitrogen and oxygen atoms in total. The van der Waals surface area contributed by atoms with E-state index in [1.807, 2.05) is 12.1 Å². The number of H-pyrrole nitrogens is 1. The second kappa shape index (κ2) is 5.87. The van der Waals surface area contributed by atoms with Crippen molar-refractivity contribution in [1.82, 2.24) is 15.2 Å². The Kier molecular flexibility index (Phi) is 3.60. The molecule has 0 aliphatic carbocycles. The van der Waals surface area contributed by atoms with Gasteiger partial charge in [0.05, 0.1) is 6.26 Å². The zero-order valence-corrected chi connectivity index (χ0v) is 11.0. The van der Waals surface area contributed by atoms with E-state index >= 15 is 0 Å². The second-order valence-electron chi connectivity index (χ2n) is 4.25. The van der Waals surface area contributed by atoms with Crippen molar-refractivity contribution in [2.24, 2.45) is 0 Å². The maximum atomic E-state index is 11.8. The largest absolute Gasteiger partial charge is 0.465 e. The molecule has 0 aliphatic heterocycles. The summed E-state index contributed by atoms with van der Waals surface area (Å²) in [5, 5.41) is 9.34. The Bertz CT molecular complexity index is 729. The highest BCUT2D eigenvalue weighted by Gasteiger charge is 2.02. The van der Waals surface area contributed by atoms with Gasteiger partial charge in [-0.15, -0.1) is 0 Å². The monoisotopic (exact) mass is 280 g/mol. The van der Waals surface area contributed by atoms with E-state index in [0.29, 0.717) is 17.3 Å². The van der Waals surface area contributed by atoms with Crippen LogP contribution in [-0.2, 0) is 4.79 Å². The molecule has 3 aromatic rings. The van der Waals surface area contributed by atoms with Gasteiger partial charge in [-0.3, -0.25) is 9.89 Å². The minimum Gasteiger partial charge on any atom is -0.465 e. The van der Waals surface area contributed by atoms with Gasteiger partial charge in [0.1, 0.15) is 12.1 Å². The number of carbonyl (C=O) groups excluding carboxylic acids is 1. The predicted octanol–water partition coefficient (Wildman–Crippen LogP) is 2.72. The van der Waals surface area contributed by atoms with Gasteiger partial charge in [-0.2, -0.15) is 5.10 Å². The molecule has 2 N–H and O–H groups in total. The van der Waals surface area contributed by atoms with Crippen LogP contribution in [0.1, 0.15) is 5.76 Å². The van der Waals surface area contributed by atoms with Gasteiger partial charge < -0.3 is 9.73 Å². The molecule has 0 radical (unpaired) electrons. The highest BCUT2D eigenvalue weighted by Crippen LogP contribution is 2.17. The minimum atomic E-state index is -0.223. The third-order valence-corrected chi connectivity index (χ3v) is 2.78. The molecule has 0 aliphatic rings. The SMILES string of the molecule is O=C(C=Cc1ccco1)Nc1ccc(-c2ncn[nH]2)cc1. The Balaban J connectivity index is 1.64. The number of carbonyl (C=O) groups is 1. The van der Waals surface area contributed by atoms with Crippen LogP contribution in [0.2, 0.25) is 0 Å². The predicted molar refractivity (Wildman–Crippen MR) is 78.2 cm³/mol. The van der Waals surface area contributed by atoms with Gasteiger partial charge in [-0.05, 0) is 42.5 Å². The zero-order chi connectivity index (χ0) is 14.5. The Hall–Kier alpha value is -3.15. The average molecular weight is 280 g/mol. The number of amides is 1. The van der Waals surface area contributed by atoms with Crippen molar-refractivity contribution in [3.8, 4) is 11.4 Å². The Labute approximate surface area is 120 Å². The van der Waals surface area contributed by atoms with Gasteiger partial charge in [0.15, 0.2) is 5.82 Å². The number of nitrogens with one attached hydrogen (secondary N) is 2. The van der Waals surface area contributed by atoms with Gasteiger partial charge in [-0.25, -0.2) is 4.98 Å². The van der Waals surface area contributed by atoms with E-state index in [2.05, 4.69) is 20.5 Å². The fourth-order valence-corrected chi connectivity index (χ4v) is 1.78. The van der Waals surface area contributed by atoms with Crippen LogP contribution in [0.4, 0.5) is 5.69 Å². The summed E-state index contributed by atoms with van der Waals surface area (Å²) in [6, 6.07) is 10.8. The highest BCUT2D eigenvalue weighted by atomic mass is 16.3. The number of aromatic nitrogens is 3. The molecule has 0 atom stereocenters. The molecule has 0 spiro atoms. The van der Waals surface area contributed by atoms with E-state index in [0.717, 1.165) is 5.56 Å². The molecule has 104 valence electrons. The van der Waals surface area contributed by atoms with Crippen LogP contribution in [0.15, 0.2) is 59.5 Å². The van der Waals surface area contributed by atoms with Crippen LogP contribution in [-0.4, -0.2) is 21.1 Å². The number of anilines is 1. The summed E-state index contributed by atoms with van der Waals surface area (Å²) in [6.07, 6.45) is 6.03. The van der Waals surface area contributed by atoms with Crippen LogP contribution in [0.25, 0.3) is 17.5 Å². The van der Waals surface area contributed by atoms with E-state index in [4.69, 9.17) is 4.42 Å². The van der Waals surface area contributed by atoms with Crippen molar-refractivity contribution in [2.45, 2.75) is 0 Å². The molecule has 0 unspecified atom stereocenters. The lowest BCUT2D eigenvalue weighted by atomic mass is 10.2. The Morgan fingerprint density at radius 1 is 1.24 bits per heavy atom. The number of nitrogens with zero attached hydrogens (tertiary/aromatic N) is 2. The molecular formula is C15H12N4O2. The Morgan fingerprint density at radius 2 is 2.10 bits per heavy atom. The van der Waals surface area contributed by atoms with E-state index in [1.54, 1.807) is 36.6 Å². The Morgan fingerprint density at radius 3 is 2.76 bits per heavy atom. The quantitative estimate of drug-likeness (QED) is 0.720. The standard InChI is InChI=1S/C15H12N4O2/c20-14(8-7-13-2-1-9-21-13)18-12-5-3-11(4-6-12)15-16-10-17-19-15/h1-10H,(H,18,20)(H,16,17,19). The fraction of sp³-hybridized carbons (Fsp3) is 0. The zero-order valence-electron chi connectivity index (χ0n) is 11.0. The van der Waals surface area contributed by atoms with Crippen molar-refractivity contribution in [3.05, 3.63) is 60.8 Å². The lowest BCUT2D eigenvalue weighted by Crippen LogP contribution is -2.07. The first kappa shape index (κ1) is 12.9. The molecular weight excluding hydrogens is 268 g/mol. The molecule has 0 bridgehead atoms. The van der Waals surface area contributed by atoms with Crippen molar-refractivity contribution in [1.29, 1.82) is 0 Å². The van der Waals surface area contributed by atoms with Crippen LogP contribution in [0, 0.1) is 0 Å². The fourth-order valence-electron chi connectivity index (χ4n) is 1.78. The summed E-state index contributed by atoms with van der Waals surface area (Å²) in [5.74, 6) is 1.09. The molecule has 1 aromatic carbocycles. The number of hydrogen-bond donors (Lipinski definition) is 2. The number of benzene rings is 1. The van der Waals surface area contributed by atoms with Gasteiger partial charge in [0.25, 0.3) is 0 Å². The van der Waals surface area contributed by atoms with Gasteiger partial charge in [0, 0.05) is 17.3 Å². The van der Waals surface area contributed by atoms with E-state index in [1.165, 1.54) is 12.4 Å². The molecule has 2 heterocycles. The third kappa shape index (κ3) is 3.24. The van der Waals surface area contributed by atoms with Crippen LogP contribution >= 0.6 is 0 Å². The van der Waals surface area contributed by atoms with Crippen molar-refractivity contribution < 1.29 is 9.21 Å². The first-order valence-electron chi connectivity index (χ1n) is 6.29. The van der Waals surface area contributed by atoms with E-state index in [-0.39, 0.29) is 5.91 Å². The number of aromatic amines is 1. The molecule has 0 saturated carbocycles. The van der Waals surface area contributed by atoms with Crippen molar-refractivity contribution in [2.75, 3.05) is 5.32 Å². The summed E-state index contributed by atoms with van der Waals surface area (Å²) < 4.78 is 5.11. The first-order chi connectivity index (χ1) is 10.3. The van der Waals surface area contributed by atoms with Crippen molar-refractivity contribution in [3.63, 3.8) is 0 Å². The topological polar surface area (TPSA) is 83.8 Å². The summed E-state index contributed by atoms with van der Waals surface area (Å²) in [7, 11) is 0. The lowest BCUT2D eigenvalue weighted by Gasteiger charge is -2.02. The highest BCUT2D eigenvalue weighted by molar-refractivity contribution is 6.01. The molecule has 0 fully saturated rings. The number of hydrogen-bond acceptors (Lipinski definition) is 4. The molecule has 0 saturated heterocycles. The third-order valence-electron chi connectivity index (χ3n) is 2.78. The summed E-state index contributed by atoms with van der Waals surface area (Å²) >= 11 is 0. The average Bonchev–Trinajstić information content (AvgIpc) is 3.19. The molecule has 6 heteroatoms. The van der Waals surface area contributed by atoms with E-state index < -0.39 is 0 Å². The van der Waals surface area contributed by atoms with Gasteiger partial charge in [-0.1, -0.05) is 0 Å². The number of furan rings is 1. The van der Waals surface area contributed by atoms with Gasteiger partial charge >= 0.3 is 0 Å². The molecule has 1 amide bonds. The molecule has 2 aromatic heterocycles. The second-order valence-corrected chi connectivity index (χ2v) is 4.25. The normalized spacial score (nSPS) is 10.9. The summed E-state index contributed by atoms with van der Waals surface area (Å²) in [4.78, 5) is 15.8. The van der Waals surface area contributed by atoms with Crippen LogP contribution in [0.5, 0.6) is 0 Å². The van der Waals surface area contributed by atoms with Crippen LogP contribution in [0.3, 0.4) is 0 Å².